The monoisotopic (exact) mass is 200 g/mol. The lowest BCUT2D eigenvalue weighted by molar-refractivity contribution is -0.183. The van der Waals surface area contributed by atoms with Crippen molar-refractivity contribution in [1.29, 1.82) is 0 Å². The third-order valence-corrected chi connectivity index (χ3v) is 1.98. The van der Waals surface area contributed by atoms with E-state index >= 15 is 0 Å². The average Bonchev–Trinajstić information content (AvgIpc) is 2.18. The summed E-state index contributed by atoms with van der Waals surface area (Å²) >= 11 is 0. The smallest absolute Gasteiger partial charge is 0.183 e. The molecule has 0 aliphatic carbocycles. The lowest BCUT2D eigenvalue weighted by atomic mass is 10.2. The molecule has 0 unspecified atom stereocenters. The standard InChI is InChI=1S/C10H10F2O2/c11-8-4-7(5-9(12)6-8)10-13-2-1-3-14-10/h4-6,10H,1-3H2. The number of rotatable bonds is 1. The van der Waals surface area contributed by atoms with Crippen molar-refractivity contribution < 1.29 is 18.3 Å². The van der Waals surface area contributed by atoms with E-state index in [1.165, 1.54) is 12.1 Å². The fraction of sp³-hybridized carbons (Fsp3) is 0.400. The molecule has 76 valence electrons. The number of hydrogen-bond acceptors (Lipinski definition) is 2. The third kappa shape index (κ3) is 2.08. The van der Waals surface area contributed by atoms with E-state index in [2.05, 4.69) is 0 Å². The van der Waals surface area contributed by atoms with E-state index < -0.39 is 17.9 Å². The summed E-state index contributed by atoms with van der Waals surface area (Å²) < 4.78 is 36.1. The predicted molar refractivity (Wildman–Crippen MR) is 45.6 cm³/mol. The first-order valence-corrected chi connectivity index (χ1v) is 4.45. The summed E-state index contributed by atoms with van der Waals surface area (Å²) in [5, 5.41) is 0. The van der Waals surface area contributed by atoms with Crippen molar-refractivity contribution in [2.75, 3.05) is 13.2 Å². The SMILES string of the molecule is Fc1cc(F)cc(C2OCCCO2)c1. The van der Waals surface area contributed by atoms with Gasteiger partial charge in [-0.1, -0.05) is 0 Å². The highest BCUT2D eigenvalue weighted by atomic mass is 19.1. The highest BCUT2D eigenvalue weighted by Crippen LogP contribution is 2.23. The van der Waals surface area contributed by atoms with E-state index in [0.717, 1.165) is 12.5 Å². The fourth-order valence-corrected chi connectivity index (χ4v) is 1.39. The Bertz CT molecular complexity index is 302. The Labute approximate surface area is 80.4 Å². The second-order valence-corrected chi connectivity index (χ2v) is 3.13. The Hall–Kier alpha value is -1.00. The molecule has 1 aliphatic heterocycles. The number of benzene rings is 1. The molecule has 1 aromatic carbocycles. The maximum Gasteiger partial charge on any atom is 0.183 e. The molecule has 4 heteroatoms. The van der Waals surface area contributed by atoms with Gasteiger partial charge in [-0.15, -0.1) is 0 Å². The normalized spacial score (nSPS) is 18.4. The Kier molecular flexibility index (Phi) is 2.74. The van der Waals surface area contributed by atoms with Crippen LogP contribution < -0.4 is 0 Å². The minimum absolute atomic E-state index is 0.391. The molecule has 14 heavy (non-hydrogen) atoms. The topological polar surface area (TPSA) is 18.5 Å². The molecule has 0 aromatic heterocycles. The van der Waals surface area contributed by atoms with Crippen molar-refractivity contribution in [3.63, 3.8) is 0 Å². The fourth-order valence-electron chi connectivity index (χ4n) is 1.39. The first kappa shape index (κ1) is 9.55. The first-order chi connectivity index (χ1) is 6.75. The molecule has 2 rings (SSSR count). The zero-order chi connectivity index (χ0) is 9.97. The van der Waals surface area contributed by atoms with E-state index in [0.29, 0.717) is 18.8 Å². The minimum Gasteiger partial charge on any atom is -0.348 e. The van der Waals surface area contributed by atoms with Gasteiger partial charge in [0.1, 0.15) is 11.6 Å². The summed E-state index contributed by atoms with van der Waals surface area (Å²) in [5.74, 6) is -1.23. The summed E-state index contributed by atoms with van der Waals surface area (Å²) in [4.78, 5) is 0. The van der Waals surface area contributed by atoms with Crippen molar-refractivity contribution in [3.8, 4) is 0 Å². The minimum atomic E-state index is -0.631. The van der Waals surface area contributed by atoms with Gasteiger partial charge in [0.2, 0.25) is 0 Å². The Balaban J connectivity index is 2.21. The summed E-state index contributed by atoms with van der Waals surface area (Å²) in [5.41, 5.74) is 0.391. The van der Waals surface area contributed by atoms with Crippen LogP contribution in [0, 0.1) is 11.6 Å². The predicted octanol–water partition coefficient (Wildman–Crippen LogP) is 2.40. The lowest BCUT2D eigenvalue weighted by Gasteiger charge is -2.23. The number of halogens is 2. The summed E-state index contributed by atoms with van der Waals surface area (Å²) in [6.45, 7) is 1.12. The second kappa shape index (κ2) is 4.02. The molecule has 0 N–H and O–H groups in total. The summed E-state index contributed by atoms with van der Waals surface area (Å²) in [6.07, 6.45) is 0.183. The van der Waals surface area contributed by atoms with Gasteiger partial charge >= 0.3 is 0 Å². The molecule has 1 saturated heterocycles. The molecule has 1 aliphatic rings. The molecule has 0 amide bonds. The van der Waals surface area contributed by atoms with Gasteiger partial charge in [0.05, 0.1) is 13.2 Å². The van der Waals surface area contributed by atoms with Crippen LogP contribution in [0.4, 0.5) is 8.78 Å². The highest BCUT2D eigenvalue weighted by molar-refractivity contribution is 5.19. The van der Waals surface area contributed by atoms with Crippen molar-refractivity contribution in [2.24, 2.45) is 0 Å². The quantitative estimate of drug-likeness (QED) is 0.693. The summed E-state index contributed by atoms with van der Waals surface area (Å²) in [6, 6.07) is 3.27. The van der Waals surface area contributed by atoms with Crippen LogP contribution in [-0.2, 0) is 9.47 Å². The Morgan fingerprint density at radius 3 is 2.14 bits per heavy atom. The van der Waals surface area contributed by atoms with Gasteiger partial charge in [-0.3, -0.25) is 0 Å². The van der Waals surface area contributed by atoms with Gasteiger partial charge in [0, 0.05) is 11.6 Å². The van der Waals surface area contributed by atoms with Crippen molar-refractivity contribution in [1.82, 2.24) is 0 Å². The van der Waals surface area contributed by atoms with Crippen molar-refractivity contribution >= 4 is 0 Å². The van der Waals surface area contributed by atoms with E-state index in [-0.39, 0.29) is 0 Å². The van der Waals surface area contributed by atoms with Crippen LogP contribution in [0.2, 0.25) is 0 Å². The Morgan fingerprint density at radius 2 is 1.57 bits per heavy atom. The molecule has 1 fully saturated rings. The van der Waals surface area contributed by atoms with Gasteiger partial charge in [-0.25, -0.2) is 8.78 Å². The molecule has 0 bridgehead atoms. The van der Waals surface area contributed by atoms with E-state index in [4.69, 9.17) is 9.47 Å². The van der Waals surface area contributed by atoms with Gasteiger partial charge in [-0.2, -0.15) is 0 Å². The van der Waals surface area contributed by atoms with Gasteiger partial charge in [-0.05, 0) is 18.6 Å². The van der Waals surface area contributed by atoms with Crippen LogP contribution in [0.3, 0.4) is 0 Å². The van der Waals surface area contributed by atoms with Crippen LogP contribution in [0.1, 0.15) is 18.3 Å². The molecular weight excluding hydrogens is 190 g/mol. The van der Waals surface area contributed by atoms with Crippen molar-refractivity contribution in [2.45, 2.75) is 12.7 Å². The van der Waals surface area contributed by atoms with Crippen LogP contribution in [0.5, 0.6) is 0 Å². The second-order valence-electron chi connectivity index (χ2n) is 3.13. The van der Waals surface area contributed by atoms with E-state index in [1.54, 1.807) is 0 Å². The van der Waals surface area contributed by atoms with Crippen LogP contribution in [0.25, 0.3) is 0 Å². The maximum atomic E-state index is 12.8. The molecule has 0 atom stereocenters. The number of ether oxygens (including phenoxy) is 2. The van der Waals surface area contributed by atoms with Gasteiger partial charge < -0.3 is 9.47 Å². The Morgan fingerprint density at radius 1 is 1.00 bits per heavy atom. The molecule has 2 nitrogen and oxygen atoms in total. The summed E-state index contributed by atoms with van der Waals surface area (Å²) in [7, 11) is 0. The van der Waals surface area contributed by atoms with E-state index in [1.807, 2.05) is 0 Å². The van der Waals surface area contributed by atoms with Crippen LogP contribution >= 0.6 is 0 Å². The first-order valence-electron chi connectivity index (χ1n) is 4.45. The van der Waals surface area contributed by atoms with Gasteiger partial charge in [0.15, 0.2) is 6.29 Å². The van der Waals surface area contributed by atoms with Gasteiger partial charge in [0.25, 0.3) is 0 Å². The van der Waals surface area contributed by atoms with Crippen molar-refractivity contribution in [3.05, 3.63) is 35.4 Å². The zero-order valence-corrected chi connectivity index (χ0v) is 7.50. The maximum absolute atomic E-state index is 12.8. The third-order valence-electron chi connectivity index (χ3n) is 1.98. The molecular formula is C10H10F2O2. The largest absolute Gasteiger partial charge is 0.348 e. The molecule has 0 radical (unpaired) electrons. The van der Waals surface area contributed by atoms with Crippen LogP contribution in [0.15, 0.2) is 18.2 Å². The lowest BCUT2D eigenvalue weighted by Crippen LogP contribution is -2.17. The molecule has 1 heterocycles. The highest BCUT2D eigenvalue weighted by Gasteiger charge is 2.17. The molecule has 0 saturated carbocycles. The average molecular weight is 200 g/mol. The number of hydrogen-bond donors (Lipinski definition) is 0. The van der Waals surface area contributed by atoms with E-state index in [9.17, 15) is 8.78 Å². The molecule has 0 spiro atoms. The molecule has 1 aromatic rings. The van der Waals surface area contributed by atoms with Crippen LogP contribution in [-0.4, -0.2) is 13.2 Å². The zero-order valence-electron chi connectivity index (χ0n) is 7.50.